The molecule has 1 amide bonds. The second kappa shape index (κ2) is 10.1. The third kappa shape index (κ3) is 4.87. The lowest BCUT2D eigenvalue weighted by Crippen LogP contribution is -2.24. The molecule has 0 atom stereocenters. The number of ether oxygens (including phenoxy) is 1. The Morgan fingerprint density at radius 1 is 1.03 bits per heavy atom. The van der Waals surface area contributed by atoms with Gasteiger partial charge in [0.15, 0.2) is 0 Å². The van der Waals surface area contributed by atoms with Gasteiger partial charge in [-0.3, -0.25) is 10.1 Å². The molecule has 0 spiro atoms. The van der Waals surface area contributed by atoms with Crippen LogP contribution >= 0.6 is 0 Å². The standard InChI is InChI=1S/C29H26FN5O3/c30-23-12-10-17(15-25-20-8-4-5-9-21(20)27(36)35-34-25)14-22(23)18-11-13-24-26(16-18)32-28(31-24)33-29(37)38-19-6-2-1-3-7-19/h4-5,8-14,16,19H,1-3,6-7,15H2,(H,35,36)(H2,31,32,33,37). The number of carbonyl (C=O) groups excluding carboxylic acids is 1. The highest BCUT2D eigenvalue weighted by molar-refractivity contribution is 5.88. The average molecular weight is 512 g/mol. The van der Waals surface area contributed by atoms with Gasteiger partial charge in [-0.15, -0.1) is 0 Å². The van der Waals surface area contributed by atoms with Crippen molar-refractivity contribution in [1.82, 2.24) is 20.2 Å². The van der Waals surface area contributed by atoms with E-state index in [1.54, 1.807) is 36.4 Å². The Hall–Kier alpha value is -4.53. The van der Waals surface area contributed by atoms with Crippen molar-refractivity contribution in [3.63, 3.8) is 0 Å². The van der Waals surface area contributed by atoms with Crippen molar-refractivity contribution < 1.29 is 13.9 Å². The van der Waals surface area contributed by atoms with Gasteiger partial charge in [-0.25, -0.2) is 19.3 Å². The van der Waals surface area contributed by atoms with Crippen molar-refractivity contribution in [3.8, 4) is 11.1 Å². The lowest BCUT2D eigenvalue weighted by atomic mass is 9.98. The number of aromatic amines is 2. The molecule has 192 valence electrons. The first-order valence-electron chi connectivity index (χ1n) is 12.8. The molecule has 3 aromatic carbocycles. The molecule has 0 radical (unpaired) electrons. The molecule has 3 N–H and O–H groups in total. The van der Waals surface area contributed by atoms with Crippen molar-refractivity contribution in [2.75, 3.05) is 5.32 Å². The normalized spacial score (nSPS) is 14.1. The molecule has 0 bridgehead atoms. The van der Waals surface area contributed by atoms with Crippen LogP contribution in [0.1, 0.15) is 43.4 Å². The van der Waals surface area contributed by atoms with Crippen LogP contribution in [0.2, 0.25) is 0 Å². The predicted molar refractivity (Wildman–Crippen MR) is 144 cm³/mol. The molecule has 1 fully saturated rings. The van der Waals surface area contributed by atoms with E-state index in [1.165, 1.54) is 12.5 Å². The number of hydrogen-bond acceptors (Lipinski definition) is 5. The Balaban J connectivity index is 1.24. The molecule has 9 heteroatoms. The third-order valence-corrected chi connectivity index (χ3v) is 7.02. The maximum Gasteiger partial charge on any atom is 0.414 e. The van der Waals surface area contributed by atoms with Gasteiger partial charge in [-0.1, -0.05) is 36.8 Å². The fourth-order valence-corrected chi connectivity index (χ4v) is 5.10. The zero-order chi connectivity index (χ0) is 26.1. The first-order valence-corrected chi connectivity index (χ1v) is 12.8. The van der Waals surface area contributed by atoms with Crippen LogP contribution in [0, 0.1) is 5.82 Å². The summed E-state index contributed by atoms with van der Waals surface area (Å²) in [4.78, 5) is 32.0. The number of nitrogens with one attached hydrogen (secondary N) is 3. The molecule has 1 aliphatic carbocycles. The summed E-state index contributed by atoms with van der Waals surface area (Å²) in [6.07, 6.45) is 4.93. The van der Waals surface area contributed by atoms with E-state index in [0.717, 1.165) is 36.6 Å². The Kier molecular flexibility index (Phi) is 6.33. The number of imidazole rings is 1. The number of rotatable bonds is 5. The van der Waals surface area contributed by atoms with Gasteiger partial charge in [0.2, 0.25) is 5.95 Å². The molecule has 6 rings (SSSR count). The van der Waals surface area contributed by atoms with E-state index < -0.39 is 6.09 Å². The molecule has 2 aromatic heterocycles. The van der Waals surface area contributed by atoms with Crippen LogP contribution < -0.4 is 10.9 Å². The monoisotopic (exact) mass is 511 g/mol. The number of fused-ring (bicyclic) bond motifs is 2. The van der Waals surface area contributed by atoms with Gasteiger partial charge in [0, 0.05) is 17.4 Å². The second-order valence-electron chi connectivity index (χ2n) is 9.64. The SMILES string of the molecule is O=C(Nc1nc2cc(-c3cc(Cc4n[nH]c(=O)c5ccccc45)ccc3F)ccc2[nH]1)OC1CCCCC1. The molecule has 1 aliphatic rings. The van der Waals surface area contributed by atoms with E-state index in [-0.39, 0.29) is 23.4 Å². The molecular weight excluding hydrogens is 485 g/mol. The Morgan fingerprint density at radius 2 is 1.84 bits per heavy atom. The summed E-state index contributed by atoms with van der Waals surface area (Å²) in [5.41, 5.74) is 3.69. The number of halogens is 1. The summed E-state index contributed by atoms with van der Waals surface area (Å²) in [5, 5.41) is 10.8. The van der Waals surface area contributed by atoms with Crippen molar-refractivity contribution in [1.29, 1.82) is 0 Å². The summed E-state index contributed by atoms with van der Waals surface area (Å²) in [5.74, 6) is -0.0828. The summed E-state index contributed by atoms with van der Waals surface area (Å²) < 4.78 is 20.4. The number of amides is 1. The zero-order valence-corrected chi connectivity index (χ0v) is 20.6. The van der Waals surface area contributed by atoms with Crippen molar-refractivity contribution in [3.05, 3.63) is 88.1 Å². The Morgan fingerprint density at radius 3 is 2.68 bits per heavy atom. The minimum Gasteiger partial charge on any atom is -0.446 e. The molecule has 8 nitrogen and oxygen atoms in total. The van der Waals surface area contributed by atoms with E-state index in [0.29, 0.717) is 39.7 Å². The molecule has 0 unspecified atom stereocenters. The van der Waals surface area contributed by atoms with Gasteiger partial charge in [0.05, 0.1) is 22.1 Å². The topological polar surface area (TPSA) is 113 Å². The number of carbonyl (C=O) groups is 1. The maximum atomic E-state index is 14.9. The first kappa shape index (κ1) is 23.8. The molecule has 1 saturated carbocycles. The van der Waals surface area contributed by atoms with Gasteiger partial charge >= 0.3 is 6.09 Å². The molecule has 0 aliphatic heterocycles. The van der Waals surface area contributed by atoms with Crippen LogP contribution in [0.25, 0.3) is 32.9 Å². The number of nitrogens with zero attached hydrogens (tertiary/aromatic N) is 2. The van der Waals surface area contributed by atoms with Crippen LogP contribution in [0.15, 0.2) is 65.5 Å². The third-order valence-electron chi connectivity index (χ3n) is 7.02. The number of aromatic nitrogens is 4. The van der Waals surface area contributed by atoms with Gasteiger partial charge in [0.25, 0.3) is 5.56 Å². The number of benzene rings is 3. The minimum atomic E-state index is -0.529. The van der Waals surface area contributed by atoms with Crippen LogP contribution in [0.3, 0.4) is 0 Å². The van der Waals surface area contributed by atoms with E-state index in [2.05, 4.69) is 25.5 Å². The van der Waals surface area contributed by atoms with Gasteiger partial charge in [-0.2, -0.15) is 5.10 Å². The first-order chi connectivity index (χ1) is 18.5. The second-order valence-corrected chi connectivity index (χ2v) is 9.64. The zero-order valence-electron chi connectivity index (χ0n) is 20.6. The Bertz CT molecular complexity index is 1700. The van der Waals surface area contributed by atoms with Crippen LogP contribution in [-0.2, 0) is 11.2 Å². The maximum absolute atomic E-state index is 14.9. The largest absolute Gasteiger partial charge is 0.446 e. The van der Waals surface area contributed by atoms with Crippen molar-refractivity contribution >= 4 is 33.8 Å². The lowest BCUT2D eigenvalue weighted by Gasteiger charge is -2.21. The fourth-order valence-electron chi connectivity index (χ4n) is 5.10. The molecular formula is C29H26FN5O3. The number of H-pyrrole nitrogens is 2. The van der Waals surface area contributed by atoms with Crippen molar-refractivity contribution in [2.24, 2.45) is 0 Å². The summed E-state index contributed by atoms with van der Waals surface area (Å²) in [6, 6.07) is 17.6. The van der Waals surface area contributed by atoms with Crippen LogP contribution in [0.4, 0.5) is 15.1 Å². The lowest BCUT2D eigenvalue weighted by molar-refractivity contribution is 0.0864. The molecule has 38 heavy (non-hydrogen) atoms. The van der Waals surface area contributed by atoms with Crippen LogP contribution in [0.5, 0.6) is 0 Å². The Labute approximate surface area is 217 Å². The fraction of sp³-hybridized carbons (Fsp3) is 0.241. The van der Waals surface area contributed by atoms with Crippen LogP contribution in [-0.4, -0.2) is 32.4 Å². The minimum absolute atomic E-state index is 0.0562. The quantitative estimate of drug-likeness (QED) is 0.265. The number of anilines is 1. The van der Waals surface area contributed by atoms with E-state index in [1.807, 2.05) is 18.2 Å². The van der Waals surface area contributed by atoms with Crippen molar-refractivity contribution in [2.45, 2.75) is 44.6 Å². The smallest absolute Gasteiger partial charge is 0.414 e. The van der Waals surface area contributed by atoms with Gasteiger partial charge in [0.1, 0.15) is 11.9 Å². The molecule has 5 aromatic rings. The molecule has 2 heterocycles. The highest BCUT2D eigenvalue weighted by atomic mass is 19.1. The van der Waals surface area contributed by atoms with Gasteiger partial charge < -0.3 is 9.72 Å². The number of hydrogen-bond donors (Lipinski definition) is 3. The molecule has 0 saturated heterocycles. The average Bonchev–Trinajstić information content (AvgIpc) is 3.33. The highest BCUT2D eigenvalue weighted by Crippen LogP contribution is 2.29. The van der Waals surface area contributed by atoms with E-state index in [4.69, 9.17) is 4.74 Å². The van der Waals surface area contributed by atoms with E-state index in [9.17, 15) is 14.0 Å². The summed E-state index contributed by atoms with van der Waals surface area (Å²) in [6.45, 7) is 0. The predicted octanol–water partition coefficient (Wildman–Crippen LogP) is 6.08. The van der Waals surface area contributed by atoms with Gasteiger partial charge in [-0.05, 0) is 67.1 Å². The highest BCUT2D eigenvalue weighted by Gasteiger charge is 2.19. The van der Waals surface area contributed by atoms with E-state index >= 15 is 0 Å². The summed E-state index contributed by atoms with van der Waals surface area (Å²) in [7, 11) is 0. The summed E-state index contributed by atoms with van der Waals surface area (Å²) >= 11 is 0.